The molecule has 5 atom stereocenters. The molecular weight excluding hydrogens is 484 g/mol. The van der Waals surface area contributed by atoms with Gasteiger partial charge < -0.3 is 20.5 Å². The smallest absolute Gasteiger partial charge is 0.287 e. The maximum atomic E-state index is 13.9. The number of hydrogen-bond donors (Lipinski definition) is 3. The van der Waals surface area contributed by atoms with Gasteiger partial charge in [0, 0.05) is 48.3 Å². The van der Waals surface area contributed by atoms with Gasteiger partial charge in [0.05, 0.1) is 6.04 Å². The second-order valence-electron chi connectivity index (χ2n) is 11.4. The van der Waals surface area contributed by atoms with Crippen LogP contribution in [0.2, 0.25) is 0 Å². The van der Waals surface area contributed by atoms with Gasteiger partial charge in [0.2, 0.25) is 11.7 Å². The molecule has 0 bridgehead atoms. The number of rotatable bonds is 9. The molecule has 3 aliphatic rings. The van der Waals surface area contributed by atoms with Gasteiger partial charge in [-0.25, -0.2) is 0 Å². The van der Waals surface area contributed by atoms with E-state index >= 15 is 0 Å². The van der Waals surface area contributed by atoms with Crippen molar-refractivity contribution in [2.24, 2.45) is 23.7 Å². The molecular formula is C29H36N4O5. The summed E-state index contributed by atoms with van der Waals surface area (Å²) >= 11 is 0. The van der Waals surface area contributed by atoms with Gasteiger partial charge in [-0.15, -0.1) is 0 Å². The van der Waals surface area contributed by atoms with E-state index in [1.54, 1.807) is 18.7 Å². The van der Waals surface area contributed by atoms with Crippen LogP contribution in [0.4, 0.5) is 0 Å². The van der Waals surface area contributed by atoms with Gasteiger partial charge in [0.25, 0.3) is 11.8 Å². The fourth-order valence-corrected chi connectivity index (χ4v) is 6.65. The van der Waals surface area contributed by atoms with Crippen LogP contribution < -0.4 is 10.6 Å². The molecule has 38 heavy (non-hydrogen) atoms. The third-order valence-corrected chi connectivity index (χ3v) is 8.44. The average Bonchev–Trinajstić information content (AvgIpc) is 3.66. The molecule has 3 heterocycles. The number of para-hydroxylation sites is 1. The van der Waals surface area contributed by atoms with Gasteiger partial charge in [0.1, 0.15) is 5.69 Å². The first kappa shape index (κ1) is 26.1. The molecule has 2 aliphatic heterocycles. The van der Waals surface area contributed by atoms with E-state index in [1.165, 1.54) is 0 Å². The minimum atomic E-state index is -0.902. The fraction of sp³-hybridized carbons (Fsp3) is 0.552. The normalized spacial score (nSPS) is 25.4. The van der Waals surface area contributed by atoms with Crippen LogP contribution >= 0.6 is 0 Å². The van der Waals surface area contributed by atoms with Crippen molar-refractivity contribution in [1.29, 1.82) is 0 Å². The Balaban J connectivity index is 1.39. The number of aromatic amines is 1. The number of hydrogen-bond acceptors (Lipinski definition) is 5. The molecule has 5 rings (SSSR count). The number of amides is 3. The molecule has 202 valence electrons. The standard InChI is InChI=1S/C29H36N4O5/c1-16(2)31-28(37)26(35)20(12-18-10-11-30-27(18)36)14-24(34)25-21-8-5-7-19(21)15-33(25)29(38)23-13-17-6-3-4-9-22(17)32-23/h3-4,6,9,13,16,18-21,25,32H,5,7-8,10-12,14-15H2,1-2H3,(H,30,36)(H,31,37). The van der Waals surface area contributed by atoms with Gasteiger partial charge in [0.15, 0.2) is 5.78 Å². The number of carbonyl (C=O) groups is 5. The molecule has 0 spiro atoms. The summed E-state index contributed by atoms with van der Waals surface area (Å²) in [6.07, 6.45) is 3.40. The molecule has 0 radical (unpaired) electrons. The Labute approximate surface area is 222 Å². The summed E-state index contributed by atoms with van der Waals surface area (Å²) < 4.78 is 0. The average molecular weight is 521 g/mol. The summed E-state index contributed by atoms with van der Waals surface area (Å²) in [7, 11) is 0. The highest BCUT2D eigenvalue weighted by Gasteiger charge is 2.50. The van der Waals surface area contributed by atoms with E-state index in [0.29, 0.717) is 25.2 Å². The van der Waals surface area contributed by atoms with Crippen LogP contribution in [0.25, 0.3) is 10.9 Å². The number of fused-ring (bicyclic) bond motifs is 2. The number of carbonyl (C=O) groups excluding carboxylic acids is 5. The van der Waals surface area contributed by atoms with Crippen molar-refractivity contribution in [3.63, 3.8) is 0 Å². The summed E-state index contributed by atoms with van der Waals surface area (Å²) in [4.78, 5) is 70.6. The van der Waals surface area contributed by atoms with E-state index in [2.05, 4.69) is 15.6 Å². The minimum absolute atomic E-state index is 0.0471. The third-order valence-electron chi connectivity index (χ3n) is 8.44. The highest BCUT2D eigenvalue weighted by molar-refractivity contribution is 6.37. The Morgan fingerprint density at radius 2 is 1.89 bits per heavy atom. The van der Waals surface area contributed by atoms with Crippen LogP contribution in [0.5, 0.6) is 0 Å². The highest BCUT2D eigenvalue weighted by Crippen LogP contribution is 2.44. The first-order valence-corrected chi connectivity index (χ1v) is 13.8. The summed E-state index contributed by atoms with van der Waals surface area (Å²) in [5.41, 5.74) is 1.30. The largest absolute Gasteiger partial charge is 0.356 e. The lowest BCUT2D eigenvalue weighted by Gasteiger charge is -2.28. The van der Waals surface area contributed by atoms with Gasteiger partial charge in [-0.2, -0.15) is 0 Å². The van der Waals surface area contributed by atoms with E-state index in [0.717, 1.165) is 30.2 Å². The van der Waals surface area contributed by atoms with Gasteiger partial charge >= 0.3 is 0 Å². The summed E-state index contributed by atoms with van der Waals surface area (Å²) in [5, 5.41) is 6.33. The number of likely N-dealkylation sites (tertiary alicyclic amines) is 1. The van der Waals surface area contributed by atoms with Crippen molar-refractivity contribution >= 4 is 40.2 Å². The van der Waals surface area contributed by atoms with Crippen molar-refractivity contribution in [3.05, 3.63) is 36.0 Å². The summed E-state index contributed by atoms with van der Waals surface area (Å²) in [6, 6.07) is 8.60. The molecule has 3 N–H and O–H groups in total. The monoisotopic (exact) mass is 520 g/mol. The number of Topliss-reactive ketones (excluding diaryl/α,β-unsaturated/α-hetero) is 2. The zero-order valence-corrected chi connectivity index (χ0v) is 22.0. The molecule has 5 unspecified atom stereocenters. The Bertz CT molecular complexity index is 1230. The van der Waals surface area contributed by atoms with Gasteiger partial charge in [-0.05, 0) is 63.5 Å². The van der Waals surface area contributed by atoms with E-state index in [-0.39, 0.29) is 48.3 Å². The molecule has 3 fully saturated rings. The van der Waals surface area contributed by atoms with E-state index in [4.69, 9.17) is 0 Å². The molecule has 1 aromatic heterocycles. The lowest BCUT2D eigenvalue weighted by molar-refractivity contribution is -0.142. The summed E-state index contributed by atoms with van der Waals surface area (Å²) in [5.74, 6) is -2.97. The second kappa shape index (κ2) is 10.7. The molecule has 1 aliphatic carbocycles. The molecule has 2 saturated heterocycles. The number of nitrogens with zero attached hydrogens (tertiary/aromatic N) is 1. The van der Waals surface area contributed by atoms with Crippen LogP contribution in [0.3, 0.4) is 0 Å². The van der Waals surface area contributed by atoms with E-state index in [1.807, 2.05) is 30.3 Å². The van der Waals surface area contributed by atoms with Gasteiger partial charge in [-0.3, -0.25) is 24.0 Å². The van der Waals surface area contributed by atoms with Crippen LogP contribution in [0, 0.1) is 23.7 Å². The first-order chi connectivity index (χ1) is 18.2. The molecule has 9 nitrogen and oxygen atoms in total. The van der Waals surface area contributed by atoms with Crippen LogP contribution in [0.15, 0.2) is 30.3 Å². The van der Waals surface area contributed by atoms with Gasteiger partial charge in [-0.1, -0.05) is 24.6 Å². The predicted molar refractivity (Wildman–Crippen MR) is 141 cm³/mol. The Morgan fingerprint density at radius 3 is 2.61 bits per heavy atom. The first-order valence-electron chi connectivity index (χ1n) is 13.8. The van der Waals surface area contributed by atoms with Crippen LogP contribution in [-0.2, 0) is 19.2 Å². The minimum Gasteiger partial charge on any atom is -0.356 e. The number of aromatic nitrogens is 1. The SMILES string of the molecule is CC(C)NC(=O)C(=O)C(CC(=O)C1C2CCCC2CN1C(=O)c1cc2ccccc2[nH]1)CC1CCNC1=O. The lowest BCUT2D eigenvalue weighted by atomic mass is 9.82. The molecule has 9 heteroatoms. The lowest BCUT2D eigenvalue weighted by Crippen LogP contribution is -2.46. The second-order valence-corrected chi connectivity index (χ2v) is 11.4. The Kier molecular flexibility index (Phi) is 7.36. The maximum absolute atomic E-state index is 13.9. The number of benzene rings is 1. The Hall–Kier alpha value is -3.49. The van der Waals surface area contributed by atoms with Crippen molar-refractivity contribution < 1.29 is 24.0 Å². The van der Waals surface area contributed by atoms with E-state index in [9.17, 15) is 24.0 Å². The fourth-order valence-electron chi connectivity index (χ4n) is 6.65. The molecule has 2 aromatic rings. The molecule has 3 amide bonds. The number of ketones is 2. The van der Waals surface area contributed by atoms with Crippen LogP contribution in [0.1, 0.15) is 62.9 Å². The quantitative estimate of drug-likeness (QED) is 0.438. The zero-order valence-electron chi connectivity index (χ0n) is 22.0. The number of nitrogens with one attached hydrogen (secondary N) is 3. The van der Waals surface area contributed by atoms with E-state index < -0.39 is 29.6 Å². The van der Waals surface area contributed by atoms with Crippen molar-refractivity contribution in [1.82, 2.24) is 20.5 Å². The maximum Gasteiger partial charge on any atom is 0.287 e. The van der Waals surface area contributed by atoms with Crippen LogP contribution in [-0.4, -0.2) is 64.3 Å². The topological polar surface area (TPSA) is 128 Å². The summed E-state index contributed by atoms with van der Waals surface area (Å²) in [6.45, 7) is 4.56. The third kappa shape index (κ3) is 5.11. The predicted octanol–water partition coefficient (Wildman–Crippen LogP) is 2.60. The number of H-pyrrole nitrogens is 1. The Morgan fingerprint density at radius 1 is 1.11 bits per heavy atom. The van der Waals surface area contributed by atoms with Crippen molar-refractivity contribution in [3.8, 4) is 0 Å². The van der Waals surface area contributed by atoms with Crippen molar-refractivity contribution in [2.45, 2.75) is 64.5 Å². The molecule has 1 aromatic carbocycles. The molecule has 1 saturated carbocycles. The zero-order chi connectivity index (χ0) is 27.0. The van der Waals surface area contributed by atoms with Crippen molar-refractivity contribution in [2.75, 3.05) is 13.1 Å². The highest BCUT2D eigenvalue weighted by atomic mass is 16.2.